The lowest BCUT2D eigenvalue weighted by atomic mass is 10.2. The number of carbonyl (C=O) groups excluding carboxylic acids is 1. The van der Waals surface area contributed by atoms with Crippen LogP contribution < -0.4 is 10.1 Å². The summed E-state index contributed by atoms with van der Waals surface area (Å²) in [5, 5.41) is 5.07. The number of ether oxygens (including phenoxy) is 1. The summed E-state index contributed by atoms with van der Waals surface area (Å²) in [7, 11) is 0. The third kappa shape index (κ3) is 2.51. The molecule has 0 spiro atoms. The van der Waals surface area contributed by atoms with Crippen LogP contribution in [0.15, 0.2) is 36.7 Å². The van der Waals surface area contributed by atoms with Crippen LogP contribution in [-0.4, -0.2) is 42.2 Å². The number of nitrogens with one attached hydrogen (secondary N) is 1. The van der Waals surface area contributed by atoms with E-state index in [-0.39, 0.29) is 6.09 Å². The number of benzene rings is 1. The highest BCUT2D eigenvalue weighted by Crippen LogP contribution is 2.24. The molecule has 5 nitrogen and oxygen atoms in total. The van der Waals surface area contributed by atoms with E-state index in [1.807, 2.05) is 18.2 Å². The molecular formula is C14H15N3O2. The van der Waals surface area contributed by atoms with E-state index in [1.54, 1.807) is 23.4 Å². The fraction of sp³-hybridized carbons (Fsp3) is 0.286. The second-order valence-corrected chi connectivity index (χ2v) is 4.46. The van der Waals surface area contributed by atoms with Crippen LogP contribution in [0.25, 0.3) is 10.8 Å². The first-order valence-electron chi connectivity index (χ1n) is 6.35. The summed E-state index contributed by atoms with van der Waals surface area (Å²) >= 11 is 0. The fourth-order valence-electron chi connectivity index (χ4n) is 2.18. The van der Waals surface area contributed by atoms with Crippen molar-refractivity contribution in [3.63, 3.8) is 0 Å². The zero-order chi connectivity index (χ0) is 13.1. The van der Waals surface area contributed by atoms with Crippen molar-refractivity contribution in [1.29, 1.82) is 0 Å². The van der Waals surface area contributed by atoms with Gasteiger partial charge in [-0.1, -0.05) is 12.1 Å². The zero-order valence-electron chi connectivity index (χ0n) is 10.5. The maximum atomic E-state index is 12.1. The first-order valence-corrected chi connectivity index (χ1v) is 6.35. The number of hydrogen-bond donors (Lipinski definition) is 1. The molecule has 0 bridgehead atoms. The molecular weight excluding hydrogens is 242 g/mol. The Balaban J connectivity index is 1.82. The van der Waals surface area contributed by atoms with Crippen LogP contribution in [0.4, 0.5) is 4.79 Å². The third-order valence-corrected chi connectivity index (χ3v) is 3.22. The van der Waals surface area contributed by atoms with Crippen molar-refractivity contribution in [3.8, 4) is 5.75 Å². The van der Waals surface area contributed by atoms with E-state index in [9.17, 15) is 4.79 Å². The highest BCUT2D eigenvalue weighted by Gasteiger charge is 2.18. The first kappa shape index (κ1) is 11.9. The van der Waals surface area contributed by atoms with Crippen LogP contribution >= 0.6 is 0 Å². The Morgan fingerprint density at radius 2 is 2.11 bits per heavy atom. The maximum Gasteiger partial charge on any atom is 0.415 e. The number of aromatic nitrogens is 1. The molecule has 0 atom stereocenters. The molecule has 0 aliphatic carbocycles. The summed E-state index contributed by atoms with van der Waals surface area (Å²) in [6.07, 6.45) is 3.15. The van der Waals surface area contributed by atoms with E-state index in [0.717, 1.165) is 23.9 Å². The number of fused-ring (bicyclic) bond motifs is 1. The Bertz CT molecular complexity index is 589. The highest BCUT2D eigenvalue weighted by molar-refractivity contribution is 5.89. The summed E-state index contributed by atoms with van der Waals surface area (Å²) in [5.41, 5.74) is 0. The van der Waals surface area contributed by atoms with E-state index in [2.05, 4.69) is 10.3 Å². The van der Waals surface area contributed by atoms with Crippen LogP contribution in [-0.2, 0) is 0 Å². The number of amides is 1. The smallest absolute Gasteiger partial charge is 0.409 e. The SMILES string of the molecule is O=C(Oc1cccc2ccncc12)N1CCNCC1. The molecule has 1 aliphatic heterocycles. The number of hydrogen-bond acceptors (Lipinski definition) is 4. The van der Waals surface area contributed by atoms with Crippen LogP contribution in [0.3, 0.4) is 0 Å². The summed E-state index contributed by atoms with van der Waals surface area (Å²) in [6.45, 7) is 2.99. The second-order valence-electron chi connectivity index (χ2n) is 4.46. The lowest BCUT2D eigenvalue weighted by molar-refractivity contribution is 0.146. The van der Waals surface area contributed by atoms with E-state index in [1.165, 1.54) is 0 Å². The lowest BCUT2D eigenvalue weighted by Gasteiger charge is -2.26. The molecule has 1 N–H and O–H groups in total. The Morgan fingerprint density at radius 1 is 1.26 bits per heavy atom. The van der Waals surface area contributed by atoms with E-state index >= 15 is 0 Å². The van der Waals surface area contributed by atoms with Crippen molar-refractivity contribution in [1.82, 2.24) is 15.2 Å². The minimum atomic E-state index is -0.294. The largest absolute Gasteiger partial charge is 0.415 e. The van der Waals surface area contributed by atoms with Gasteiger partial charge in [-0.25, -0.2) is 4.79 Å². The van der Waals surface area contributed by atoms with Gasteiger partial charge in [0.25, 0.3) is 0 Å². The summed E-state index contributed by atoms with van der Waals surface area (Å²) < 4.78 is 5.49. The number of pyridine rings is 1. The molecule has 98 valence electrons. The Kier molecular flexibility index (Phi) is 3.29. The quantitative estimate of drug-likeness (QED) is 0.843. The van der Waals surface area contributed by atoms with Gasteiger partial charge in [0.2, 0.25) is 0 Å². The predicted octanol–water partition coefficient (Wildman–Crippen LogP) is 1.64. The number of nitrogens with zero attached hydrogens (tertiary/aromatic N) is 2. The molecule has 0 unspecified atom stereocenters. The second kappa shape index (κ2) is 5.24. The molecule has 1 aromatic carbocycles. The molecule has 0 radical (unpaired) electrons. The number of carbonyl (C=O) groups is 1. The van der Waals surface area contributed by atoms with Gasteiger partial charge in [-0.15, -0.1) is 0 Å². The Labute approximate surface area is 111 Å². The van der Waals surface area contributed by atoms with Crippen LogP contribution in [0.5, 0.6) is 5.75 Å². The molecule has 1 saturated heterocycles. The maximum absolute atomic E-state index is 12.1. The van der Waals surface area contributed by atoms with Crippen molar-refractivity contribution in [3.05, 3.63) is 36.7 Å². The molecule has 2 heterocycles. The van der Waals surface area contributed by atoms with Gasteiger partial charge in [0.15, 0.2) is 0 Å². The molecule has 3 rings (SSSR count). The van der Waals surface area contributed by atoms with Gasteiger partial charge in [-0.3, -0.25) is 4.98 Å². The van der Waals surface area contributed by atoms with Gasteiger partial charge in [0.05, 0.1) is 0 Å². The van der Waals surface area contributed by atoms with Crippen LogP contribution in [0.1, 0.15) is 0 Å². The minimum Gasteiger partial charge on any atom is -0.409 e. The topological polar surface area (TPSA) is 54.5 Å². The van der Waals surface area contributed by atoms with Gasteiger partial charge < -0.3 is 15.0 Å². The Morgan fingerprint density at radius 3 is 2.95 bits per heavy atom. The molecule has 1 aliphatic rings. The molecule has 1 amide bonds. The van der Waals surface area contributed by atoms with Crippen molar-refractivity contribution in [2.24, 2.45) is 0 Å². The van der Waals surface area contributed by atoms with Gasteiger partial charge in [0.1, 0.15) is 5.75 Å². The zero-order valence-corrected chi connectivity index (χ0v) is 10.5. The normalized spacial score (nSPS) is 15.5. The summed E-state index contributed by atoms with van der Waals surface area (Å²) in [6, 6.07) is 7.55. The average molecular weight is 257 g/mol. The summed E-state index contributed by atoms with van der Waals surface area (Å²) in [5.74, 6) is 0.564. The summed E-state index contributed by atoms with van der Waals surface area (Å²) in [4.78, 5) is 17.9. The van der Waals surface area contributed by atoms with Gasteiger partial charge >= 0.3 is 6.09 Å². The Hall–Kier alpha value is -2.14. The van der Waals surface area contributed by atoms with Crippen molar-refractivity contribution in [2.45, 2.75) is 0 Å². The van der Waals surface area contributed by atoms with Gasteiger partial charge in [0, 0.05) is 44.0 Å². The molecule has 0 saturated carbocycles. The lowest BCUT2D eigenvalue weighted by Crippen LogP contribution is -2.47. The number of rotatable bonds is 1. The number of piperazine rings is 1. The molecule has 19 heavy (non-hydrogen) atoms. The van der Waals surface area contributed by atoms with Crippen molar-refractivity contribution >= 4 is 16.9 Å². The van der Waals surface area contributed by atoms with Crippen molar-refractivity contribution in [2.75, 3.05) is 26.2 Å². The van der Waals surface area contributed by atoms with E-state index < -0.39 is 0 Å². The highest BCUT2D eigenvalue weighted by atomic mass is 16.6. The fourth-order valence-corrected chi connectivity index (χ4v) is 2.18. The first-order chi connectivity index (χ1) is 9.34. The standard InChI is InChI=1S/C14H15N3O2/c18-14(17-8-6-15-7-9-17)19-13-3-1-2-11-4-5-16-10-12(11)13/h1-5,10,15H,6-9H2. The molecule has 1 aromatic heterocycles. The minimum absolute atomic E-state index is 0.294. The molecule has 5 heteroatoms. The van der Waals surface area contributed by atoms with Crippen molar-refractivity contribution < 1.29 is 9.53 Å². The average Bonchev–Trinajstić information content (AvgIpc) is 2.48. The monoisotopic (exact) mass is 257 g/mol. The molecule has 2 aromatic rings. The van der Waals surface area contributed by atoms with Crippen LogP contribution in [0.2, 0.25) is 0 Å². The van der Waals surface area contributed by atoms with Gasteiger partial charge in [-0.05, 0) is 17.5 Å². The van der Waals surface area contributed by atoms with Gasteiger partial charge in [-0.2, -0.15) is 0 Å². The third-order valence-electron chi connectivity index (χ3n) is 3.22. The molecule has 1 fully saturated rings. The predicted molar refractivity (Wildman–Crippen MR) is 72.2 cm³/mol. The van der Waals surface area contributed by atoms with E-state index in [4.69, 9.17) is 4.74 Å². The van der Waals surface area contributed by atoms with E-state index in [0.29, 0.717) is 18.8 Å². The van der Waals surface area contributed by atoms with Crippen LogP contribution in [0, 0.1) is 0 Å².